The smallest absolute Gasteiger partial charge is 0.390 e. The van der Waals surface area contributed by atoms with E-state index in [9.17, 15) is 48.0 Å². The number of nitrogens with two attached hydrogens (primary N) is 1. The number of hydrogen-bond acceptors (Lipinski definition) is 9. The summed E-state index contributed by atoms with van der Waals surface area (Å²) in [5.41, 5.74) is 3.09. The highest BCUT2D eigenvalue weighted by atomic mass is 19.4. The van der Waals surface area contributed by atoms with Gasteiger partial charge in [0.2, 0.25) is 5.91 Å². The summed E-state index contributed by atoms with van der Waals surface area (Å²) < 4.78 is 38.3. The number of benzene rings is 1. The number of carbonyl (C=O) groups is 3. The van der Waals surface area contributed by atoms with Gasteiger partial charge in [-0.05, 0) is 43.7 Å². The highest BCUT2D eigenvalue weighted by molar-refractivity contribution is 6.15. The monoisotopic (exact) mass is 557 g/mol. The number of nitrogens with one attached hydrogen (secondary N) is 1. The van der Waals surface area contributed by atoms with Crippen molar-refractivity contribution in [1.82, 2.24) is 5.32 Å². The Kier molecular flexibility index (Phi) is 8.68. The Hall–Kier alpha value is -3.16. The van der Waals surface area contributed by atoms with Crippen molar-refractivity contribution >= 4 is 23.2 Å². The fourth-order valence-corrected chi connectivity index (χ4v) is 5.66. The summed E-state index contributed by atoms with van der Waals surface area (Å²) in [4.78, 5) is 39.8. The van der Waals surface area contributed by atoms with Gasteiger partial charge in [0.25, 0.3) is 0 Å². The van der Waals surface area contributed by atoms with E-state index in [2.05, 4.69) is 5.32 Å². The van der Waals surface area contributed by atoms with E-state index < -0.39 is 78.1 Å². The number of ketones is 2. The molecule has 0 saturated carbocycles. The van der Waals surface area contributed by atoms with Gasteiger partial charge in [-0.1, -0.05) is 0 Å². The molecule has 1 aromatic carbocycles. The number of phenols is 1. The van der Waals surface area contributed by atoms with Gasteiger partial charge in [0, 0.05) is 56.0 Å². The van der Waals surface area contributed by atoms with Gasteiger partial charge in [0.1, 0.15) is 11.5 Å². The molecule has 2 aliphatic rings. The van der Waals surface area contributed by atoms with Crippen LogP contribution < -0.4 is 16.0 Å². The molecule has 0 bridgehead atoms. The molecule has 0 aliphatic heterocycles. The summed E-state index contributed by atoms with van der Waals surface area (Å²) in [7, 11) is 3.39. The topological polar surface area (TPSA) is 173 Å². The maximum Gasteiger partial charge on any atom is 0.390 e. The molecule has 13 heteroatoms. The summed E-state index contributed by atoms with van der Waals surface area (Å²) in [5.74, 6) is -6.17. The minimum Gasteiger partial charge on any atom is -0.508 e. The lowest BCUT2D eigenvalue weighted by molar-refractivity contribution is -0.147. The largest absolute Gasteiger partial charge is 0.508 e. The molecule has 2 aliphatic carbocycles. The zero-order valence-electron chi connectivity index (χ0n) is 21.9. The quantitative estimate of drug-likeness (QED) is 0.234. The van der Waals surface area contributed by atoms with Crippen LogP contribution in [0.2, 0.25) is 0 Å². The minimum absolute atomic E-state index is 0.0119. The van der Waals surface area contributed by atoms with Gasteiger partial charge >= 0.3 is 6.18 Å². The number of carbonyl (C=O) groups excluding carboxylic acids is 3. The van der Waals surface area contributed by atoms with E-state index in [0.717, 1.165) is 0 Å². The van der Waals surface area contributed by atoms with Crippen molar-refractivity contribution in [3.63, 3.8) is 0 Å². The van der Waals surface area contributed by atoms with Gasteiger partial charge in [-0.2, -0.15) is 13.2 Å². The van der Waals surface area contributed by atoms with Crippen molar-refractivity contribution in [1.29, 1.82) is 0 Å². The number of Topliss-reactive ketones (excluding diaryl/α,β-unsaturated/α-hetero) is 2. The van der Waals surface area contributed by atoms with Crippen LogP contribution in [0.1, 0.15) is 54.1 Å². The number of primary amides is 1. The molecule has 216 valence electrons. The number of alkyl halides is 3. The standard InChI is InChI=1S/C26H34F3N3O7/c1-12(10-25(27,28)29)31-11-14-8-17(32(2)3)16-7-13-6-15(4-5-33)26(39,18(34)9-19(30)35)24(38)20(13)23(37)21(16)22(14)36/h8,12-13,15,31,33,36,38-39H,4-7,9-11H2,1-3H3,(H2,30,35)/t12?,13-,15-,26-/m1/s1. The number of nitrogens with zero attached hydrogens (tertiary/aromatic N) is 1. The SMILES string of the molecule is CC(CC(F)(F)F)NCc1cc(N(C)C)c2c(c1O)C(=O)C1=C(O)[C@](O)(C(=O)CC(N)=O)[C@H](CCO)C[C@@H]1C2. The molecular weight excluding hydrogens is 523 g/mol. The molecular formula is C26H34F3N3O7. The molecule has 3 rings (SSSR count). The Morgan fingerprint density at radius 1 is 1.28 bits per heavy atom. The highest BCUT2D eigenvalue weighted by Crippen LogP contribution is 2.50. The number of allylic oxidation sites excluding steroid dienone is 1. The van der Waals surface area contributed by atoms with Gasteiger partial charge in [0.05, 0.1) is 18.4 Å². The van der Waals surface area contributed by atoms with Crippen molar-refractivity contribution in [3.05, 3.63) is 34.1 Å². The number of amides is 1. The first-order valence-corrected chi connectivity index (χ1v) is 12.5. The molecule has 1 amide bonds. The molecule has 0 radical (unpaired) electrons. The maximum absolute atomic E-state index is 13.8. The van der Waals surface area contributed by atoms with E-state index in [4.69, 9.17) is 5.73 Å². The predicted molar refractivity (Wildman–Crippen MR) is 134 cm³/mol. The lowest BCUT2D eigenvalue weighted by Crippen LogP contribution is -2.54. The van der Waals surface area contributed by atoms with Crippen LogP contribution in [-0.2, 0) is 22.6 Å². The molecule has 4 atom stereocenters. The molecule has 10 nitrogen and oxygen atoms in total. The second-order valence-corrected chi connectivity index (χ2v) is 10.5. The third kappa shape index (κ3) is 5.89. The van der Waals surface area contributed by atoms with Crippen molar-refractivity contribution in [3.8, 4) is 5.75 Å². The van der Waals surface area contributed by atoms with E-state index >= 15 is 0 Å². The summed E-state index contributed by atoms with van der Waals surface area (Å²) in [6, 6.07) is 0.590. The predicted octanol–water partition coefficient (Wildman–Crippen LogP) is 1.63. The zero-order valence-corrected chi connectivity index (χ0v) is 21.9. The Balaban J connectivity index is 2.13. The molecule has 0 aromatic heterocycles. The minimum atomic E-state index is -4.40. The van der Waals surface area contributed by atoms with Crippen molar-refractivity contribution in [2.45, 2.75) is 63.4 Å². The first-order chi connectivity index (χ1) is 18.0. The average Bonchev–Trinajstić information content (AvgIpc) is 2.79. The van der Waals surface area contributed by atoms with Crippen LogP contribution in [0.4, 0.5) is 18.9 Å². The second kappa shape index (κ2) is 11.1. The zero-order chi connectivity index (χ0) is 29.4. The first kappa shape index (κ1) is 30.4. The lowest BCUT2D eigenvalue weighted by atomic mass is 9.62. The number of rotatable bonds is 10. The van der Waals surface area contributed by atoms with E-state index in [1.165, 1.54) is 6.92 Å². The number of phenolic OH excluding ortho intramolecular Hbond substituents is 1. The van der Waals surface area contributed by atoms with Gasteiger partial charge < -0.3 is 36.4 Å². The van der Waals surface area contributed by atoms with Crippen molar-refractivity contribution in [2.24, 2.45) is 17.6 Å². The molecule has 0 fully saturated rings. The molecule has 0 saturated heterocycles. The summed E-state index contributed by atoms with van der Waals surface area (Å²) in [5, 5.41) is 45.9. The second-order valence-electron chi connectivity index (χ2n) is 10.5. The Bertz CT molecular complexity index is 1200. The molecule has 1 unspecified atom stereocenters. The summed E-state index contributed by atoms with van der Waals surface area (Å²) in [6.45, 7) is 0.700. The fourth-order valence-electron chi connectivity index (χ4n) is 5.66. The van der Waals surface area contributed by atoms with Crippen LogP contribution >= 0.6 is 0 Å². The number of halogens is 3. The lowest BCUT2D eigenvalue weighted by Gasteiger charge is -2.44. The molecule has 0 spiro atoms. The van der Waals surface area contributed by atoms with Crippen LogP contribution in [0.5, 0.6) is 5.75 Å². The highest BCUT2D eigenvalue weighted by Gasteiger charge is 2.55. The molecule has 7 N–H and O–H groups in total. The number of aromatic hydroxyl groups is 1. The summed E-state index contributed by atoms with van der Waals surface area (Å²) in [6.07, 6.45) is -6.38. The van der Waals surface area contributed by atoms with Crippen molar-refractivity contribution < 1.29 is 48.0 Å². The van der Waals surface area contributed by atoms with Gasteiger partial charge in [-0.25, -0.2) is 0 Å². The number of hydrogen-bond donors (Lipinski definition) is 6. The Morgan fingerprint density at radius 2 is 1.92 bits per heavy atom. The van der Waals surface area contributed by atoms with Crippen LogP contribution in [0, 0.1) is 11.8 Å². The van der Waals surface area contributed by atoms with Gasteiger partial charge in [0.15, 0.2) is 17.2 Å². The van der Waals surface area contributed by atoms with E-state index in [0.29, 0.717) is 11.3 Å². The molecule has 39 heavy (non-hydrogen) atoms. The van der Waals surface area contributed by atoms with E-state index in [1.54, 1.807) is 25.1 Å². The van der Waals surface area contributed by atoms with Crippen molar-refractivity contribution in [2.75, 3.05) is 25.6 Å². The fraction of sp³-hybridized carbons (Fsp3) is 0.577. The molecule has 0 heterocycles. The Morgan fingerprint density at radius 3 is 2.46 bits per heavy atom. The maximum atomic E-state index is 13.8. The number of aliphatic hydroxyl groups is 3. The molecule has 1 aromatic rings. The number of fused-ring (bicyclic) bond motifs is 2. The average molecular weight is 558 g/mol. The van der Waals surface area contributed by atoms with E-state index in [1.807, 2.05) is 0 Å². The third-order valence-electron chi connectivity index (χ3n) is 7.47. The number of aliphatic hydroxyl groups excluding tert-OH is 2. The van der Waals surface area contributed by atoms with Gasteiger partial charge in [-0.3, -0.25) is 14.4 Å². The summed E-state index contributed by atoms with van der Waals surface area (Å²) >= 11 is 0. The first-order valence-electron chi connectivity index (χ1n) is 12.5. The van der Waals surface area contributed by atoms with Crippen LogP contribution in [-0.4, -0.2) is 76.4 Å². The van der Waals surface area contributed by atoms with Crippen LogP contribution in [0.15, 0.2) is 17.4 Å². The van der Waals surface area contributed by atoms with E-state index in [-0.39, 0.29) is 42.5 Å². The van der Waals surface area contributed by atoms with Crippen LogP contribution in [0.3, 0.4) is 0 Å². The normalized spacial score (nSPS) is 23.7. The Labute approximate surface area is 223 Å². The van der Waals surface area contributed by atoms with Crippen LogP contribution in [0.25, 0.3) is 0 Å². The third-order valence-corrected chi connectivity index (χ3v) is 7.47. The van der Waals surface area contributed by atoms with Gasteiger partial charge in [-0.15, -0.1) is 0 Å². The number of anilines is 1.